The number of aliphatic carboxylic acids is 1. The van der Waals surface area contributed by atoms with Crippen molar-refractivity contribution in [1.82, 2.24) is 5.32 Å². The van der Waals surface area contributed by atoms with E-state index in [0.717, 1.165) is 23.3 Å². The van der Waals surface area contributed by atoms with Crippen molar-refractivity contribution >= 4 is 11.9 Å². The first kappa shape index (κ1) is 19.2. The van der Waals surface area contributed by atoms with E-state index in [0.29, 0.717) is 19.8 Å². The van der Waals surface area contributed by atoms with Crippen LogP contribution in [0.25, 0.3) is 0 Å². The van der Waals surface area contributed by atoms with Gasteiger partial charge in [0.1, 0.15) is 11.9 Å². The van der Waals surface area contributed by atoms with Crippen LogP contribution in [0.5, 0.6) is 5.75 Å². The minimum absolute atomic E-state index is 0.0407. The molecule has 1 aliphatic heterocycles. The molecule has 138 valence electrons. The Morgan fingerprint density at radius 1 is 1.36 bits per heavy atom. The molecule has 6 heteroatoms. The highest BCUT2D eigenvalue weighted by atomic mass is 16.5. The highest BCUT2D eigenvalue weighted by Gasteiger charge is 2.25. The fourth-order valence-electron chi connectivity index (χ4n) is 2.87. The largest absolute Gasteiger partial charge is 0.488 e. The molecule has 1 aromatic carbocycles. The highest BCUT2D eigenvalue weighted by Crippen LogP contribution is 2.26. The van der Waals surface area contributed by atoms with Gasteiger partial charge in [0.15, 0.2) is 0 Å². The molecule has 0 saturated carbocycles. The molecule has 2 rings (SSSR count). The van der Waals surface area contributed by atoms with Crippen LogP contribution < -0.4 is 10.1 Å². The van der Waals surface area contributed by atoms with Crippen LogP contribution in [0.15, 0.2) is 18.2 Å². The molecule has 0 radical (unpaired) electrons. The van der Waals surface area contributed by atoms with Gasteiger partial charge in [0.2, 0.25) is 5.91 Å². The zero-order valence-corrected chi connectivity index (χ0v) is 15.1. The molecule has 1 aliphatic rings. The monoisotopic (exact) mass is 349 g/mol. The summed E-state index contributed by atoms with van der Waals surface area (Å²) in [5.74, 6) is -0.298. The van der Waals surface area contributed by atoms with Crippen molar-refractivity contribution in [2.75, 3.05) is 13.2 Å². The van der Waals surface area contributed by atoms with Gasteiger partial charge < -0.3 is 19.9 Å². The van der Waals surface area contributed by atoms with Crippen molar-refractivity contribution in [3.8, 4) is 5.75 Å². The summed E-state index contributed by atoms with van der Waals surface area (Å²) in [6.45, 7) is 7.20. The molecular weight excluding hydrogens is 322 g/mol. The average Bonchev–Trinajstić information content (AvgIpc) is 2.97. The lowest BCUT2D eigenvalue weighted by atomic mass is 9.85. The number of amides is 1. The van der Waals surface area contributed by atoms with Crippen molar-refractivity contribution in [2.24, 2.45) is 5.41 Å². The zero-order chi connectivity index (χ0) is 18.4. The Kier molecular flexibility index (Phi) is 6.42. The second-order valence-corrected chi connectivity index (χ2v) is 7.40. The SMILES string of the molecule is Cc1ccc(CNC(=O)CC(C)(C)CC(=O)O)c(O[C@H]2CCOC2)c1. The van der Waals surface area contributed by atoms with E-state index in [4.69, 9.17) is 14.6 Å². The third-order valence-electron chi connectivity index (χ3n) is 4.15. The van der Waals surface area contributed by atoms with Crippen LogP contribution in [0.2, 0.25) is 0 Å². The number of carbonyl (C=O) groups excluding carboxylic acids is 1. The molecule has 1 fully saturated rings. The predicted molar refractivity (Wildman–Crippen MR) is 93.5 cm³/mol. The third kappa shape index (κ3) is 6.38. The second-order valence-electron chi connectivity index (χ2n) is 7.40. The summed E-state index contributed by atoms with van der Waals surface area (Å²) in [5, 5.41) is 11.8. The van der Waals surface area contributed by atoms with Crippen molar-refractivity contribution in [3.05, 3.63) is 29.3 Å². The number of nitrogens with one attached hydrogen (secondary N) is 1. The van der Waals surface area contributed by atoms with Crippen molar-refractivity contribution in [1.29, 1.82) is 0 Å². The maximum atomic E-state index is 12.2. The Morgan fingerprint density at radius 3 is 2.76 bits per heavy atom. The minimum Gasteiger partial charge on any atom is -0.488 e. The van der Waals surface area contributed by atoms with E-state index in [1.807, 2.05) is 25.1 Å². The van der Waals surface area contributed by atoms with Gasteiger partial charge in [0.25, 0.3) is 0 Å². The van der Waals surface area contributed by atoms with Gasteiger partial charge in [-0.2, -0.15) is 0 Å². The minimum atomic E-state index is -0.897. The zero-order valence-electron chi connectivity index (χ0n) is 15.1. The van der Waals surface area contributed by atoms with E-state index in [1.54, 1.807) is 13.8 Å². The van der Waals surface area contributed by atoms with Gasteiger partial charge in [-0.3, -0.25) is 9.59 Å². The van der Waals surface area contributed by atoms with Gasteiger partial charge in [-0.25, -0.2) is 0 Å². The summed E-state index contributed by atoms with van der Waals surface area (Å²) < 4.78 is 11.4. The standard InChI is InChI=1S/C19H27NO5/c1-13-4-5-14(16(8-13)25-15-6-7-24-12-15)11-20-17(21)9-19(2,3)10-18(22)23/h4-5,8,15H,6-7,9-12H2,1-3H3,(H,20,21)(H,22,23)/t15-/m0/s1. The molecule has 1 atom stereocenters. The number of aryl methyl sites for hydroxylation is 1. The van der Waals surface area contributed by atoms with Gasteiger partial charge in [-0.05, 0) is 24.0 Å². The number of ether oxygens (including phenoxy) is 2. The molecule has 0 bridgehead atoms. The number of hydrogen-bond acceptors (Lipinski definition) is 4. The Hall–Kier alpha value is -2.08. The maximum absolute atomic E-state index is 12.2. The van der Waals surface area contributed by atoms with E-state index in [-0.39, 0.29) is 24.9 Å². The second kappa shape index (κ2) is 8.34. The lowest BCUT2D eigenvalue weighted by Gasteiger charge is -2.22. The molecule has 1 saturated heterocycles. The topological polar surface area (TPSA) is 84.9 Å². The van der Waals surface area contributed by atoms with Crippen LogP contribution in [0.1, 0.15) is 44.2 Å². The third-order valence-corrected chi connectivity index (χ3v) is 4.15. The van der Waals surface area contributed by atoms with E-state index in [2.05, 4.69) is 5.32 Å². The first-order valence-corrected chi connectivity index (χ1v) is 8.57. The highest BCUT2D eigenvalue weighted by molar-refractivity contribution is 5.78. The van der Waals surface area contributed by atoms with Gasteiger partial charge in [0.05, 0.1) is 19.6 Å². The molecule has 0 aliphatic carbocycles. The lowest BCUT2D eigenvalue weighted by molar-refractivity contribution is -0.139. The molecule has 6 nitrogen and oxygen atoms in total. The lowest BCUT2D eigenvalue weighted by Crippen LogP contribution is -2.30. The first-order valence-electron chi connectivity index (χ1n) is 8.57. The average molecular weight is 349 g/mol. The molecule has 0 unspecified atom stereocenters. The number of carbonyl (C=O) groups is 2. The Bertz CT molecular complexity index is 620. The number of hydrogen-bond donors (Lipinski definition) is 2. The van der Waals surface area contributed by atoms with Crippen LogP contribution in [0.3, 0.4) is 0 Å². The van der Waals surface area contributed by atoms with Crippen molar-refractivity contribution in [3.63, 3.8) is 0 Å². The molecule has 1 aromatic rings. The van der Waals surface area contributed by atoms with Crippen LogP contribution in [-0.2, 0) is 20.9 Å². The van der Waals surface area contributed by atoms with Gasteiger partial charge in [-0.15, -0.1) is 0 Å². The van der Waals surface area contributed by atoms with E-state index in [9.17, 15) is 9.59 Å². The molecule has 25 heavy (non-hydrogen) atoms. The molecule has 1 heterocycles. The summed E-state index contributed by atoms with van der Waals surface area (Å²) in [5.41, 5.74) is 1.41. The molecule has 2 N–H and O–H groups in total. The maximum Gasteiger partial charge on any atom is 0.303 e. The van der Waals surface area contributed by atoms with Gasteiger partial charge >= 0.3 is 5.97 Å². The summed E-state index contributed by atoms with van der Waals surface area (Å²) in [7, 11) is 0. The van der Waals surface area contributed by atoms with Crippen LogP contribution in [0, 0.1) is 12.3 Å². The Labute approximate surface area is 148 Å². The molecule has 0 aromatic heterocycles. The normalized spacial score (nSPS) is 17.3. The van der Waals surface area contributed by atoms with Crippen molar-refractivity contribution < 1.29 is 24.2 Å². The summed E-state index contributed by atoms with van der Waals surface area (Å²) in [6.07, 6.45) is 1.04. The quantitative estimate of drug-likeness (QED) is 0.754. The summed E-state index contributed by atoms with van der Waals surface area (Å²) >= 11 is 0. The van der Waals surface area contributed by atoms with Gasteiger partial charge in [0, 0.05) is 24.9 Å². The van der Waals surface area contributed by atoms with Crippen LogP contribution in [-0.4, -0.2) is 36.3 Å². The number of carboxylic acid groups (broad SMARTS) is 1. The molecular formula is C19H27NO5. The van der Waals surface area contributed by atoms with E-state index >= 15 is 0 Å². The first-order chi connectivity index (χ1) is 11.7. The number of carboxylic acids is 1. The fraction of sp³-hybridized carbons (Fsp3) is 0.579. The van der Waals surface area contributed by atoms with Crippen molar-refractivity contribution in [2.45, 2.75) is 52.7 Å². The number of rotatable bonds is 8. The smallest absolute Gasteiger partial charge is 0.303 e. The fourth-order valence-corrected chi connectivity index (χ4v) is 2.87. The summed E-state index contributed by atoms with van der Waals surface area (Å²) in [6, 6.07) is 5.89. The van der Waals surface area contributed by atoms with Gasteiger partial charge in [-0.1, -0.05) is 26.0 Å². The Balaban J connectivity index is 1.95. The van der Waals surface area contributed by atoms with Crippen LogP contribution >= 0.6 is 0 Å². The molecule has 0 spiro atoms. The Morgan fingerprint density at radius 2 is 2.12 bits per heavy atom. The number of benzene rings is 1. The molecule has 1 amide bonds. The van der Waals surface area contributed by atoms with Crippen LogP contribution in [0.4, 0.5) is 0 Å². The van der Waals surface area contributed by atoms with E-state index < -0.39 is 11.4 Å². The predicted octanol–water partition coefficient (Wildman–Crippen LogP) is 2.67. The van der Waals surface area contributed by atoms with E-state index in [1.165, 1.54) is 0 Å². The summed E-state index contributed by atoms with van der Waals surface area (Å²) in [4.78, 5) is 23.0.